The smallest absolute Gasteiger partial charge is 0.0707 e. The number of fused-ring (bicyclic) bond motifs is 1. The number of hydrogen-bond donors (Lipinski definition) is 1. The van der Waals surface area contributed by atoms with Crippen molar-refractivity contribution in [3.8, 4) is 0 Å². The molecule has 0 aromatic heterocycles. The van der Waals surface area contributed by atoms with Gasteiger partial charge >= 0.3 is 0 Å². The summed E-state index contributed by atoms with van der Waals surface area (Å²) < 4.78 is 0. The highest BCUT2D eigenvalue weighted by Crippen LogP contribution is 2.37. The van der Waals surface area contributed by atoms with Crippen molar-refractivity contribution in [1.82, 2.24) is 0 Å². The van der Waals surface area contributed by atoms with Crippen LogP contribution >= 0.6 is 23.5 Å². The summed E-state index contributed by atoms with van der Waals surface area (Å²) in [7, 11) is 0. The van der Waals surface area contributed by atoms with Crippen LogP contribution in [-0.4, -0.2) is 32.7 Å². The molecular weight excluding hydrogens is 296 g/mol. The maximum absolute atomic E-state index is 10.7. The molecule has 1 heterocycles. The molecule has 0 spiro atoms. The van der Waals surface area contributed by atoms with E-state index < -0.39 is 0 Å². The van der Waals surface area contributed by atoms with Gasteiger partial charge in [0, 0.05) is 27.9 Å². The fourth-order valence-electron chi connectivity index (χ4n) is 2.84. The van der Waals surface area contributed by atoms with Crippen molar-refractivity contribution in [1.29, 1.82) is 0 Å². The summed E-state index contributed by atoms with van der Waals surface area (Å²) in [6.07, 6.45) is 0.490. The number of aliphatic hydroxyl groups is 1. The predicted octanol–water partition coefficient (Wildman–Crippen LogP) is 4.37. The molecule has 0 saturated carbocycles. The standard InChI is InChI=1S/C18H22OS2/c1-12-13(2)21-18(11-20-12)17(19)10-15-8-5-7-14-6-3-4-9-16(14)15/h3-9,12-13,17-19H,10-11H2,1-2H3. The summed E-state index contributed by atoms with van der Waals surface area (Å²) in [5.41, 5.74) is 1.26. The van der Waals surface area contributed by atoms with E-state index in [1.165, 1.54) is 16.3 Å². The maximum Gasteiger partial charge on any atom is 0.0707 e. The Morgan fingerprint density at radius 2 is 1.86 bits per heavy atom. The van der Waals surface area contributed by atoms with Crippen molar-refractivity contribution in [2.75, 3.05) is 5.75 Å². The van der Waals surface area contributed by atoms with Crippen LogP contribution in [0.2, 0.25) is 0 Å². The Labute approximate surface area is 135 Å². The van der Waals surface area contributed by atoms with Crippen LogP contribution in [-0.2, 0) is 6.42 Å². The molecule has 0 amide bonds. The van der Waals surface area contributed by atoms with Gasteiger partial charge in [-0.3, -0.25) is 0 Å². The van der Waals surface area contributed by atoms with Gasteiger partial charge < -0.3 is 5.11 Å². The van der Waals surface area contributed by atoms with E-state index >= 15 is 0 Å². The number of aliphatic hydroxyl groups excluding tert-OH is 1. The maximum atomic E-state index is 10.7. The first kappa shape index (κ1) is 15.3. The molecule has 3 heteroatoms. The van der Waals surface area contributed by atoms with Crippen LogP contribution in [0.4, 0.5) is 0 Å². The Morgan fingerprint density at radius 1 is 1.10 bits per heavy atom. The van der Waals surface area contributed by atoms with E-state index in [2.05, 4.69) is 56.3 Å². The van der Waals surface area contributed by atoms with Gasteiger partial charge in [-0.15, -0.1) is 0 Å². The molecule has 0 aliphatic carbocycles. The van der Waals surface area contributed by atoms with E-state index in [0.29, 0.717) is 15.7 Å². The van der Waals surface area contributed by atoms with Crippen LogP contribution in [0.1, 0.15) is 19.4 Å². The number of benzene rings is 2. The highest BCUT2D eigenvalue weighted by molar-refractivity contribution is 8.07. The van der Waals surface area contributed by atoms with Crippen molar-refractivity contribution >= 4 is 34.3 Å². The van der Waals surface area contributed by atoms with Gasteiger partial charge in [0.1, 0.15) is 0 Å². The second kappa shape index (κ2) is 6.64. The lowest BCUT2D eigenvalue weighted by Gasteiger charge is -2.34. The molecule has 1 saturated heterocycles. The van der Waals surface area contributed by atoms with Gasteiger partial charge in [-0.05, 0) is 16.3 Å². The first-order valence-electron chi connectivity index (χ1n) is 7.57. The molecule has 4 atom stereocenters. The number of thioether (sulfide) groups is 2. The molecular formula is C18H22OS2. The van der Waals surface area contributed by atoms with Gasteiger partial charge in [-0.2, -0.15) is 23.5 Å². The lowest BCUT2D eigenvalue weighted by Crippen LogP contribution is -2.35. The monoisotopic (exact) mass is 318 g/mol. The third-order valence-electron chi connectivity index (χ3n) is 4.31. The van der Waals surface area contributed by atoms with Crippen molar-refractivity contribution in [2.24, 2.45) is 0 Å². The minimum Gasteiger partial charge on any atom is -0.392 e. The molecule has 1 N–H and O–H groups in total. The zero-order chi connectivity index (χ0) is 14.8. The Balaban J connectivity index is 1.76. The quantitative estimate of drug-likeness (QED) is 0.907. The van der Waals surface area contributed by atoms with E-state index in [-0.39, 0.29) is 6.10 Å². The first-order valence-corrected chi connectivity index (χ1v) is 9.56. The molecule has 112 valence electrons. The number of hydrogen-bond acceptors (Lipinski definition) is 3. The van der Waals surface area contributed by atoms with Crippen LogP contribution in [0.25, 0.3) is 10.8 Å². The van der Waals surface area contributed by atoms with E-state index in [4.69, 9.17) is 0 Å². The second-order valence-corrected chi connectivity index (χ2v) is 8.86. The van der Waals surface area contributed by atoms with Crippen molar-refractivity contribution in [3.05, 3.63) is 48.0 Å². The average Bonchev–Trinajstić information content (AvgIpc) is 2.50. The zero-order valence-electron chi connectivity index (χ0n) is 12.5. The van der Waals surface area contributed by atoms with Gasteiger partial charge in [-0.25, -0.2) is 0 Å². The molecule has 1 fully saturated rings. The third kappa shape index (κ3) is 3.41. The Kier molecular flexibility index (Phi) is 4.82. The topological polar surface area (TPSA) is 20.2 Å². The Bertz CT molecular complexity index is 608. The van der Waals surface area contributed by atoms with E-state index in [0.717, 1.165) is 12.2 Å². The van der Waals surface area contributed by atoms with Crippen molar-refractivity contribution in [3.63, 3.8) is 0 Å². The minimum atomic E-state index is -0.261. The van der Waals surface area contributed by atoms with Crippen LogP contribution in [0, 0.1) is 0 Å². The molecule has 0 radical (unpaired) electrons. The lowest BCUT2D eigenvalue weighted by molar-refractivity contribution is 0.177. The molecule has 1 nitrogen and oxygen atoms in total. The summed E-state index contributed by atoms with van der Waals surface area (Å²) in [5, 5.41) is 14.8. The van der Waals surface area contributed by atoms with E-state index in [1.807, 2.05) is 23.5 Å². The van der Waals surface area contributed by atoms with Crippen LogP contribution in [0.5, 0.6) is 0 Å². The lowest BCUT2D eigenvalue weighted by atomic mass is 9.99. The molecule has 1 aliphatic heterocycles. The fourth-order valence-corrected chi connectivity index (χ4v) is 5.85. The van der Waals surface area contributed by atoms with Gasteiger partial charge in [-0.1, -0.05) is 56.3 Å². The molecule has 3 rings (SSSR count). The minimum absolute atomic E-state index is 0.261. The molecule has 21 heavy (non-hydrogen) atoms. The highest BCUT2D eigenvalue weighted by atomic mass is 32.2. The largest absolute Gasteiger partial charge is 0.392 e. The molecule has 0 bridgehead atoms. The summed E-state index contributed by atoms with van der Waals surface area (Å²) in [4.78, 5) is 0. The molecule has 1 aliphatic rings. The van der Waals surface area contributed by atoms with Gasteiger partial charge in [0.25, 0.3) is 0 Å². The van der Waals surface area contributed by atoms with Crippen LogP contribution in [0.15, 0.2) is 42.5 Å². The normalized spacial score (nSPS) is 27.7. The summed E-state index contributed by atoms with van der Waals surface area (Å²) in [6, 6.07) is 14.8. The third-order valence-corrected chi connectivity index (χ3v) is 7.85. The summed E-state index contributed by atoms with van der Waals surface area (Å²) >= 11 is 3.95. The summed E-state index contributed by atoms with van der Waals surface area (Å²) in [6.45, 7) is 4.56. The first-order chi connectivity index (χ1) is 10.1. The van der Waals surface area contributed by atoms with E-state index in [1.54, 1.807) is 0 Å². The average molecular weight is 319 g/mol. The molecule has 4 unspecified atom stereocenters. The molecule has 2 aromatic carbocycles. The number of rotatable bonds is 3. The van der Waals surface area contributed by atoms with Gasteiger partial charge in [0.2, 0.25) is 0 Å². The SMILES string of the molecule is CC1SCC(C(O)Cc2cccc3ccccc23)SC1C. The van der Waals surface area contributed by atoms with Gasteiger partial charge in [0.15, 0.2) is 0 Å². The zero-order valence-corrected chi connectivity index (χ0v) is 14.2. The van der Waals surface area contributed by atoms with Gasteiger partial charge in [0.05, 0.1) is 6.10 Å². The predicted molar refractivity (Wildman–Crippen MR) is 96.4 cm³/mol. The van der Waals surface area contributed by atoms with Crippen molar-refractivity contribution in [2.45, 2.75) is 42.1 Å². The second-order valence-electron chi connectivity index (χ2n) is 5.83. The molecule has 2 aromatic rings. The highest BCUT2D eigenvalue weighted by Gasteiger charge is 2.30. The van der Waals surface area contributed by atoms with Crippen LogP contribution < -0.4 is 0 Å². The Hall–Kier alpha value is -0.640. The fraction of sp³-hybridized carbons (Fsp3) is 0.444. The van der Waals surface area contributed by atoms with Crippen LogP contribution in [0.3, 0.4) is 0 Å². The van der Waals surface area contributed by atoms with Crippen molar-refractivity contribution < 1.29 is 5.11 Å². The summed E-state index contributed by atoms with van der Waals surface area (Å²) in [5.74, 6) is 1.06. The van der Waals surface area contributed by atoms with E-state index in [9.17, 15) is 5.11 Å². The Morgan fingerprint density at radius 3 is 2.67 bits per heavy atom.